The van der Waals surface area contributed by atoms with E-state index in [4.69, 9.17) is 9.26 Å². The molecule has 0 aliphatic carbocycles. The summed E-state index contributed by atoms with van der Waals surface area (Å²) in [4.78, 5) is 17.6. The summed E-state index contributed by atoms with van der Waals surface area (Å²) in [6.07, 6.45) is 2.03. The molecule has 0 spiro atoms. The Balaban J connectivity index is 1.53. The van der Waals surface area contributed by atoms with Crippen molar-refractivity contribution in [2.24, 2.45) is 5.92 Å². The Kier molecular flexibility index (Phi) is 4.91. The van der Waals surface area contributed by atoms with Crippen LogP contribution in [0.25, 0.3) is 0 Å². The van der Waals surface area contributed by atoms with Crippen LogP contribution in [0.15, 0.2) is 28.8 Å². The molecule has 6 nitrogen and oxygen atoms in total. The standard InChI is InChI=1S/C21H27N3O3/c1-14-19(15(2)27-22-14)13-24-18-9-8-17(21(24)25)11-23(12-18)10-16-6-4-5-7-20(16)26-3/h4-7,17-18H,8-13H2,1-3H3/t17-,18+/m1/s1. The smallest absolute Gasteiger partial charge is 0.227 e. The van der Waals surface area contributed by atoms with Crippen LogP contribution < -0.4 is 4.74 Å². The van der Waals surface area contributed by atoms with Crippen LogP contribution in [0.2, 0.25) is 0 Å². The molecule has 1 aromatic heterocycles. The summed E-state index contributed by atoms with van der Waals surface area (Å²) in [5.41, 5.74) is 3.10. The van der Waals surface area contributed by atoms with Crippen LogP contribution in [0, 0.1) is 19.8 Å². The third kappa shape index (κ3) is 3.46. The molecule has 3 saturated heterocycles. The fraction of sp³-hybridized carbons (Fsp3) is 0.524. The van der Waals surface area contributed by atoms with Crippen LogP contribution in [0.4, 0.5) is 0 Å². The molecule has 0 unspecified atom stereocenters. The highest BCUT2D eigenvalue weighted by atomic mass is 16.5. The van der Waals surface area contributed by atoms with Gasteiger partial charge >= 0.3 is 0 Å². The molecule has 3 aliphatic heterocycles. The second-order valence-corrected chi connectivity index (χ2v) is 7.70. The van der Waals surface area contributed by atoms with Crippen LogP contribution in [0.3, 0.4) is 0 Å². The second-order valence-electron chi connectivity index (χ2n) is 7.70. The Bertz CT molecular complexity index is 812. The second kappa shape index (κ2) is 7.35. The number of piperidine rings is 1. The monoisotopic (exact) mass is 369 g/mol. The lowest BCUT2D eigenvalue weighted by Gasteiger charge is -2.36. The van der Waals surface area contributed by atoms with E-state index in [1.807, 2.05) is 32.0 Å². The van der Waals surface area contributed by atoms with E-state index in [0.717, 1.165) is 55.2 Å². The van der Waals surface area contributed by atoms with Crippen LogP contribution in [0.1, 0.15) is 35.4 Å². The van der Waals surface area contributed by atoms with Gasteiger partial charge in [0.25, 0.3) is 0 Å². The number of carbonyl (C=O) groups is 1. The number of fused-ring (bicyclic) bond motifs is 4. The number of ether oxygens (including phenoxy) is 1. The summed E-state index contributed by atoms with van der Waals surface area (Å²) in [7, 11) is 1.71. The van der Waals surface area contributed by atoms with Crippen molar-refractivity contribution in [2.45, 2.75) is 45.8 Å². The number of carbonyl (C=O) groups excluding carboxylic acids is 1. The summed E-state index contributed by atoms with van der Waals surface area (Å²) < 4.78 is 10.8. The Morgan fingerprint density at radius 3 is 2.74 bits per heavy atom. The Morgan fingerprint density at radius 2 is 2.00 bits per heavy atom. The van der Waals surface area contributed by atoms with E-state index in [9.17, 15) is 4.79 Å². The molecular weight excluding hydrogens is 342 g/mol. The number of aromatic nitrogens is 1. The molecule has 3 fully saturated rings. The lowest BCUT2D eigenvalue weighted by atomic mass is 9.93. The predicted molar refractivity (Wildman–Crippen MR) is 101 cm³/mol. The van der Waals surface area contributed by atoms with Gasteiger partial charge in [-0.1, -0.05) is 23.4 Å². The molecule has 27 heavy (non-hydrogen) atoms. The number of amides is 1. The zero-order chi connectivity index (χ0) is 19.0. The van der Waals surface area contributed by atoms with Crippen molar-refractivity contribution in [3.8, 4) is 5.75 Å². The van der Waals surface area contributed by atoms with Crippen molar-refractivity contribution in [2.75, 3.05) is 20.2 Å². The average molecular weight is 369 g/mol. The minimum atomic E-state index is 0.0685. The summed E-state index contributed by atoms with van der Waals surface area (Å²) >= 11 is 0. The molecule has 2 atom stereocenters. The zero-order valence-corrected chi connectivity index (χ0v) is 16.3. The van der Waals surface area contributed by atoms with Gasteiger partial charge in [0.15, 0.2) is 0 Å². The fourth-order valence-electron chi connectivity index (χ4n) is 4.44. The van der Waals surface area contributed by atoms with Crippen LogP contribution in [-0.2, 0) is 17.9 Å². The van der Waals surface area contributed by atoms with Gasteiger partial charge in [0.05, 0.1) is 25.3 Å². The van der Waals surface area contributed by atoms with Gasteiger partial charge in [0, 0.05) is 36.8 Å². The van der Waals surface area contributed by atoms with Gasteiger partial charge in [-0.15, -0.1) is 0 Å². The normalized spacial score (nSPS) is 22.9. The maximum absolute atomic E-state index is 13.1. The molecule has 3 aliphatic rings. The minimum absolute atomic E-state index is 0.0685. The van der Waals surface area contributed by atoms with Crippen molar-refractivity contribution >= 4 is 5.91 Å². The summed E-state index contributed by atoms with van der Waals surface area (Å²) in [6, 6.07) is 8.37. The molecule has 144 valence electrons. The summed E-state index contributed by atoms with van der Waals surface area (Å²) in [5.74, 6) is 2.06. The van der Waals surface area contributed by atoms with E-state index in [1.54, 1.807) is 7.11 Å². The molecule has 0 saturated carbocycles. The van der Waals surface area contributed by atoms with E-state index in [2.05, 4.69) is 21.0 Å². The molecule has 1 aromatic carbocycles. The van der Waals surface area contributed by atoms with E-state index in [0.29, 0.717) is 6.54 Å². The molecule has 0 radical (unpaired) electrons. The number of hydrogen-bond acceptors (Lipinski definition) is 5. The van der Waals surface area contributed by atoms with Crippen LogP contribution >= 0.6 is 0 Å². The van der Waals surface area contributed by atoms with Gasteiger partial charge in [0.2, 0.25) is 5.91 Å². The molecule has 2 aromatic rings. The molecule has 0 N–H and O–H groups in total. The van der Waals surface area contributed by atoms with Crippen LogP contribution in [0.5, 0.6) is 5.75 Å². The molecule has 5 rings (SSSR count). The number of hydrogen-bond donors (Lipinski definition) is 0. The first kappa shape index (κ1) is 18.0. The number of para-hydroxylation sites is 1. The molecule has 2 bridgehead atoms. The number of benzene rings is 1. The third-order valence-electron chi connectivity index (χ3n) is 5.97. The highest BCUT2D eigenvalue weighted by molar-refractivity contribution is 5.80. The first-order valence-electron chi connectivity index (χ1n) is 9.63. The van der Waals surface area contributed by atoms with Crippen molar-refractivity contribution in [1.82, 2.24) is 15.0 Å². The van der Waals surface area contributed by atoms with E-state index < -0.39 is 0 Å². The van der Waals surface area contributed by atoms with Gasteiger partial charge in [-0.25, -0.2) is 0 Å². The van der Waals surface area contributed by atoms with E-state index in [-0.39, 0.29) is 17.9 Å². The van der Waals surface area contributed by atoms with Crippen molar-refractivity contribution in [3.63, 3.8) is 0 Å². The lowest BCUT2D eigenvalue weighted by Crippen LogP contribution is -2.47. The molecular formula is C21H27N3O3. The maximum Gasteiger partial charge on any atom is 0.227 e. The highest BCUT2D eigenvalue weighted by Crippen LogP contribution is 2.32. The lowest BCUT2D eigenvalue weighted by molar-refractivity contribution is -0.140. The Morgan fingerprint density at radius 1 is 1.19 bits per heavy atom. The largest absolute Gasteiger partial charge is 0.496 e. The van der Waals surface area contributed by atoms with Gasteiger partial charge in [0.1, 0.15) is 11.5 Å². The van der Waals surface area contributed by atoms with Crippen molar-refractivity contribution < 1.29 is 14.1 Å². The van der Waals surface area contributed by atoms with Gasteiger partial charge < -0.3 is 14.2 Å². The number of rotatable bonds is 5. The fourth-order valence-corrected chi connectivity index (χ4v) is 4.44. The number of nitrogens with zero attached hydrogens (tertiary/aromatic N) is 3. The minimum Gasteiger partial charge on any atom is -0.496 e. The predicted octanol–water partition coefficient (Wildman–Crippen LogP) is 2.92. The quantitative estimate of drug-likeness (QED) is 0.811. The Labute approximate surface area is 160 Å². The highest BCUT2D eigenvalue weighted by Gasteiger charge is 2.41. The molecule has 4 heterocycles. The molecule has 1 amide bonds. The SMILES string of the molecule is COc1ccccc1CN1C[C@H]2CC[C@@H](C1)N(Cc1c(C)noc1C)C2=O. The number of aryl methyl sites for hydroxylation is 2. The zero-order valence-electron chi connectivity index (χ0n) is 16.3. The topological polar surface area (TPSA) is 58.8 Å². The van der Waals surface area contributed by atoms with Crippen molar-refractivity contribution in [1.29, 1.82) is 0 Å². The van der Waals surface area contributed by atoms with E-state index in [1.165, 1.54) is 5.56 Å². The summed E-state index contributed by atoms with van der Waals surface area (Å²) in [6.45, 7) is 6.98. The first-order valence-corrected chi connectivity index (χ1v) is 9.63. The third-order valence-corrected chi connectivity index (χ3v) is 5.97. The summed E-state index contributed by atoms with van der Waals surface area (Å²) in [5, 5.41) is 4.04. The van der Waals surface area contributed by atoms with Gasteiger partial charge in [-0.3, -0.25) is 9.69 Å². The molecule has 6 heteroatoms. The average Bonchev–Trinajstić information content (AvgIpc) is 2.83. The maximum atomic E-state index is 13.1. The van der Waals surface area contributed by atoms with E-state index >= 15 is 0 Å². The van der Waals surface area contributed by atoms with Gasteiger partial charge in [-0.05, 0) is 32.8 Å². The Hall–Kier alpha value is -2.34. The van der Waals surface area contributed by atoms with Crippen molar-refractivity contribution in [3.05, 3.63) is 46.8 Å². The number of methoxy groups -OCH3 is 1. The van der Waals surface area contributed by atoms with Gasteiger partial charge in [-0.2, -0.15) is 0 Å². The van der Waals surface area contributed by atoms with Crippen LogP contribution in [-0.4, -0.2) is 47.1 Å². The first-order chi connectivity index (χ1) is 13.1.